The van der Waals surface area contributed by atoms with Gasteiger partial charge in [-0.3, -0.25) is 14.4 Å². The van der Waals surface area contributed by atoms with Gasteiger partial charge in [-0.25, -0.2) is 8.42 Å². The van der Waals surface area contributed by atoms with E-state index >= 15 is 0 Å². The number of amides is 2. The fourth-order valence-electron chi connectivity index (χ4n) is 4.69. The number of ether oxygens (including phenoxy) is 1. The number of carboxylic acid groups (broad SMARTS) is 1. The van der Waals surface area contributed by atoms with Crippen LogP contribution in [0.5, 0.6) is 5.75 Å². The van der Waals surface area contributed by atoms with Crippen LogP contribution >= 0.6 is 0 Å². The van der Waals surface area contributed by atoms with E-state index in [1.807, 2.05) is 0 Å². The van der Waals surface area contributed by atoms with E-state index in [0.717, 1.165) is 32.4 Å². The Morgan fingerprint density at radius 3 is 2.61 bits per heavy atom. The van der Waals surface area contributed by atoms with Crippen molar-refractivity contribution in [3.05, 3.63) is 24.3 Å². The van der Waals surface area contributed by atoms with Gasteiger partial charge in [-0.2, -0.15) is 4.72 Å². The van der Waals surface area contributed by atoms with Gasteiger partial charge in [0, 0.05) is 26.1 Å². The number of hydrogen-bond acceptors (Lipinski definition) is 7. The number of benzene rings is 1. The number of carbonyl (C=O) groups excluding carboxylic acids is 2. The molecule has 2 amide bonds. The zero-order valence-electron chi connectivity index (χ0n) is 20.6. The minimum absolute atomic E-state index is 0.0408. The molecule has 36 heavy (non-hydrogen) atoms. The molecule has 0 bridgehead atoms. The van der Waals surface area contributed by atoms with E-state index in [0.29, 0.717) is 31.7 Å². The summed E-state index contributed by atoms with van der Waals surface area (Å²) in [5.74, 6) is -1.63. The number of carbonyl (C=O) groups is 3. The molecule has 200 valence electrons. The average molecular weight is 525 g/mol. The topological polar surface area (TPSA) is 154 Å². The fraction of sp³-hybridized carbons (Fsp3) is 0.625. The third-order valence-electron chi connectivity index (χ3n) is 6.80. The van der Waals surface area contributed by atoms with Crippen molar-refractivity contribution < 1.29 is 32.6 Å². The Balaban J connectivity index is 1.52. The highest BCUT2D eigenvalue weighted by Gasteiger charge is 2.31. The molecule has 1 unspecified atom stereocenters. The first-order valence-electron chi connectivity index (χ1n) is 12.4. The monoisotopic (exact) mass is 524 g/mol. The first kappa shape index (κ1) is 27.9. The predicted molar refractivity (Wildman–Crippen MR) is 132 cm³/mol. The molecule has 2 atom stereocenters. The Morgan fingerprint density at radius 2 is 1.92 bits per heavy atom. The second kappa shape index (κ2) is 13.0. The van der Waals surface area contributed by atoms with Crippen LogP contribution in [0.4, 0.5) is 0 Å². The summed E-state index contributed by atoms with van der Waals surface area (Å²) in [4.78, 5) is 38.8. The van der Waals surface area contributed by atoms with Crippen LogP contribution in [0, 0.1) is 11.8 Å². The normalized spacial score (nSPS) is 19.9. The quantitative estimate of drug-likeness (QED) is 0.327. The van der Waals surface area contributed by atoms with E-state index in [1.165, 1.54) is 25.3 Å². The van der Waals surface area contributed by atoms with Gasteiger partial charge < -0.3 is 25.4 Å². The van der Waals surface area contributed by atoms with Crippen molar-refractivity contribution in [2.45, 2.75) is 49.5 Å². The van der Waals surface area contributed by atoms with Crippen molar-refractivity contribution >= 4 is 27.8 Å². The van der Waals surface area contributed by atoms with Crippen LogP contribution in [0.2, 0.25) is 0 Å². The summed E-state index contributed by atoms with van der Waals surface area (Å²) in [6, 6.07) is 4.27. The van der Waals surface area contributed by atoms with Crippen molar-refractivity contribution in [3.8, 4) is 5.75 Å². The van der Waals surface area contributed by atoms with Gasteiger partial charge in [0.05, 0.1) is 13.0 Å². The Hall–Kier alpha value is -2.70. The highest BCUT2D eigenvalue weighted by Crippen LogP contribution is 2.23. The van der Waals surface area contributed by atoms with Gasteiger partial charge in [-0.05, 0) is 63.2 Å². The van der Waals surface area contributed by atoms with Crippen LogP contribution in [0.3, 0.4) is 0 Å². The van der Waals surface area contributed by atoms with Crippen LogP contribution in [-0.2, 0) is 24.4 Å². The summed E-state index contributed by atoms with van der Waals surface area (Å²) < 4.78 is 32.7. The van der Waals surface area contributed by atoms with Crippen LogP contribution in [0.15, 0.2) is 29.2 Å². The molecule has 2 aliphatic rings. The van der Waals surface area contributed by atoms with Gasteiger partial charge in [-0.15, -0.1) is 0 Å². The van der Waals surface area contributed by atoms with Crippen molar-refractivity contribution in [2.24, 2.45) is 11.8 Å². The molecule has 0 radical (unpaired) electrons. The lowest BCUT2D eigenvalue weighted by molar-refractivity contribution is -0.139. The highest BCUT2D eigenvalue weighted by molar-refractivity contribution is 7.89. The maximum Gasteiger partial charge on any atom is 0.323 e. The smallest absolute Gasteiger partial charge is 0.323 e. The Kier molecular flexibility index (Phi) is 10.1. The number of para-hydroxylation sites is 1. The molecular weight excluding hydrogens is 488 g/mol. The number of piperidine rings is 2. The van der Waals surface area contributed by atoms with Gasteiger partial charge in [0.25, 0.3) is 0 Å². The first-order valence-corrected chi connectivity index (χ1v) is 13.8. The summed E-state index contributed by atoms with van der Waals surface area (Å²) in [6.07, 6.45) is 4.72. The Morgan fingerprint density at radius 1 is 1.19 bits per heavy atom. The highest BCUT2D eigenvalue weighted by atomic mass is 32.2. The summed E-state index contributed by atoms with van der Waals surface area (Å²) in [5, 5.41) is 15.4. The van der Waals surface area contributed by atoms with Crippen LogP contribution in [0.1, 0.15) is 38.5 Å². The maximum atomic E-state index is 12.8. The summed E-state index contributed by atoms with van der Waals surface area (Å²) in [7, 11) is -2.91. The van der Waals surface area contributed by atoms with E-state index in [1.54, 1.807) is 11.0 Å². The van der Waals surface area contributed by atoms with Crippen LogP contribution < -0.4 is 20.1 Å². The summed E-state index contributed by atoms with van der Waals surface area (Å²) in [6.45, 7) is 2.42. The van der Waals surface area contributed by atoms with E-state index in [2.05, 4.69) is 15.4 Å². The molecule has 1 aromatic rings. The number of sulfonamides is 1. The number of carboxylic acids is 1. The van der Waals surface area contributed by atoms with Crippen molar-refractivity contribution in [1.29, 1.82) is 0 Å². The van der Waals surface area contributed by atoms with Gasteiger partial charge in [0.2, 0.25) is 21.8 Å². The number of nitrogens with zero attached hydrogens (tertiary/aromatic N) is 1. The molecule has 11 nitrogen and oxygen atoms in total. The van der Waals surface area contributed by atoms with Crippen LogP contribution in [-0.4, -0.2) is 82.1 Å². The van der Waals surface area contributed by atoms with Gasteiger partial charge in [-0.1, -0.05) is 12.1 Å². The van der Waals surface area contributed by atoms with Crippen molar-refractivity contribution in [3.63, 3.8) is 0 Å². The summed E-state index contributed by atoms with van der Waals surface area (Å²) >= 11 is 0. The number of rotatable bonds is 11. The second-order valence-corrected chi connectivity index (χ2v) is 11.0. The molecule has 4 N–H and O–H groups in total. The fourth-order valence-corrected chi connectivity index (χ4v) is 6.05. The standard InChI is InChI=1S/C24H36N4O7S/c1-35-20-6-2-3-7-21(20)36(33,34)27-19(24(31)32)15-26-23(30)18-5-4-14-28(16-18)22(29)9-8-17-10-12-25-13-11-17/h2-3,6-7,17-19,25,27H,4-5,8-16H2,1H3,(H,26,30)(H,31,32)/t18?,19-/m0/s1. The molecule has 2 heterocycles. The predicted octanol–water partition coefficient (Wildman–Crippen LogP) is 0.561. The maximum absolute atomic E-state index is 12.8. The van der Waals surface area contributed by atoms with Crippen molar-refractivity contribution in [2.75, 3.05) is 39.8 Å². The first-order chi connectivity index (χ1) is 17.2. The number of likely N-dealkylation sites (tertiary alicyclic amines) is 1. The molecule has 3 rings (SSSR count). The average Bonchev–Trinajstić information content (AvgIpc) is 2.89. The molecule has 0 saturated carbocycles. The Labute approximate surface area is 212 Å². The zero-order chi connectivity index (χ0) is 26.1. The summed E-state index contributed by atoms with van der Waals surface area (Å²) in [5.41, 5.74) is 0. The third-order valence-corrected chi connectivity index (χ3v) is 8.32. The minimum atomic E-state index is -4.22. The van der Waals surface area contributed by atoms with Gasteiger partial charge >= 0.3 is 5.97 Å². The third kappa shape index (κ3) is 7.65. The van der Waals surface area contributed by atoms with E-state index < -0.39 is 40.4 Å². The molecule has 2 fully saturated rings. The largest absolute Gasteiger partial charge is 0.495 e. The molecule has 2 aliphatic heterocycles. The van der Waals surface area contributed by atoms with E-state index in [9.17, 15) is 27.9 Å². The lowest BCUT2D eigenvalue weighted by atomic mass is 9.92. The van der Waals surface area contributed by atoms with E-state index in [-0.39, 0.29) is 23.1 Å². The van der Waals surface area contributed by atoms with Crippen molar-refractivity contribution in [1.82, 2.24) is 20.3 Å². The minimum Gasteiger partial charge on any atom is -0.495 e. The van der Waals surface area contributed by atoms with Crippen LogP contribution in [0.25, 0.3) is 0 Å². The lowest BCUT2D eigenvalue weighted by Gasteiger charge is -2.33. The number of methoxy groups -OCH3 is 1. The SMILES string of the molecule is COc1ccccc1S(=O)(=O)N[C@@H](CNC(=O)C1CCCN(C(=O)CCC2CCNCC2)C1)C(=O)O. The molecule has 12 heteroatoms. The molecule has 0 spiro atoms. The molecule has 1 aromatic carbocycles. The van der Waals surface area contributed by atoms with E-state index in [4.69, 9.17) is 4.74 Å². The second-order valence-electron chi connectivity index (χ2n) is 9.32. The number of nitrogens with one attached hydrogen (secondary N) is 3. The molecule has 2 saturated heterocycles. The molecule has 0 aliphatic carbocycles. The van der Waals surface area contributed by atoms with Gasteiger partial charge in [0.1, 0.15) is 16.7 Å². The molecular formula is C24H36N4O7S. The number of hydrogen-bond donors (Lipinski definition) is 4. The lowest BCUT2D eigenvalue weighted by Crippen LogP contribution is -2.51. The number of aliphatic carboxylic acids is 1. The Bertz CT molecular complexity index is 1030. The molecule has 0 aromatic heterocycles. The van der Waals surface area contributed by atoms with Gasteiger partial charge in [0.15, 0.2) is 0 Å². The zero-order valence-corrected chi connectivity index (χ0v) is 21.4.